The lowest BCUT2D eigenvalue weighted by atomic mass is 9.57. The SMILES string of the molecule is CN(C)[C@@H]1c2onc(OCc3ccccc3)c2C(=O)[C@@]2(O)C(=O)C3=C(O)c4c(OCc5ccccc5)cc(C=O)c(Cl)c4C[C@H]3C[C@@H]12. The summed E-state index contributed by atoms with van der Waals surface area (Å²) in [6, 6.07) is 19.3. The molecule has 2 N–H and O–H groups in total. The Morgan fingerprint density at radius 1 is 1.00 bits per heavy atom. The van der Waals surface area contributed by atoms with Crippen LogP contribution in [0.3, 0.4) is 0 Å². The van der Waals surface area contributed by atoms with E-state index in [1.807, 2.05) is 60.7 Å². The number of aliphatic hydroxyl groups excluding tert-OH is 1. The number of rotatable bonds is 8. The van der Waals surface area contributed by atoms with Crippen molar-refractivity contribution in [1.29, 1.82) is 0 Å². The van der Waals surface area contributed by atoms with E-state index in [1.165, 1.54) is 6.07 Å². The molecule has 0 aliphatic heterocycles. The van der Waals surface area contributed by atoms with E-state index in [0.717, 1.165) is 11.1 Å². The molecule has 1 aromatic heterocycles. The van der Waals surface area contributed by atoms with Gasteiger partial charge in [0, 0.05) is 17.1 Å². The molecule has 1 fully saturated rings. The summed E-state index contributed by atoms with van der Waals surface area (Å²) in [6.45, 7) is 0.194. The van der Waals surface area contributed by atoms with Gasteiger partial charge in [-0.25, -0.2) is 0 Å². The van der Waals surface area contributed by atoms with Crippen LogP contribution in [-0.4, -0.2) is 57.8 Å². The van der Waals surface area contributed by atoms with Crippen molar-refractivity contribution in [2.24, 2.45) is 11.8 Å². The third kappa shape index (κ3) is 4.86. The minimum Gasteiger partial charge on any atom is -0.507 e. The molecular weight excluding hydrogens is 624 g/mol. The number of halogens is 1. The van der Waals surface area contributed by atoms with Crippen molar-refractivity contribution >= 4 is 35.2 Å². The number of ether oxygens (including phenoxy) is 2. The Morgan fingerprint density at radius 3 is 2.26 bits per heavy atom. The van der Waals surface area contributed by atoms with Crippen molar-refractivity contribution < 1.29 is 38.6 Å². The number of hydrogen-bond donors (Lipinski definition) is 2. The molecule has 0 amide bonds. The molecular formula is C36H31ClN2O8. The van der Waals surface area contributed by atoms with Gasteiger partial charge in [-0.15, -0.1) is 0 Å². The Bertz CT molecular complexity index is 1940. The molecule has 4 aromatic rings. The highest BCUT2D eigenvalue weighted by atomic mass is 35.5. The lowest BCUT2D eigenvalue weighted by molar-refractivity contribution is -0.142. The van der Waals surface area contributed by atoms with Crippen molar-refractivity contribution in [3.8, 4) is 11.6 Å². The summed E-state index contributed by atoms with van der Waals surface area (Å²) < 4.78 is 17.7. The summed E-state index contributed by atoms with van der Waals surface area (Å²) >= 11 is 6.71. The summed E-state index contributed by atoms with van der Waals surface area (Å²) in [5, 5.41) is 28.3. The van der Waals surface area contributed by atoms with Crippen molar-refractivity contribution in [3.63, 3.8) is 0 Å². The molecule has 4 atom stereocenters. The van der Waals surface area contributed by atoms with Gasteiger partial charge in [0.05, 0.1) is 16.6 Å². The second-order valence-corrected chi connectivity index (χ2v) is 12.7. The first kappa shape index (κ1) is 30.9. The van der Waals surface area contributed by atoms with Gasteiger partial charge < -0.3 is 24.2 Å². The molecule has 7 rings (SSSR count). The first-order chi connectivity index (χ1) is 22.6. The third-order valence-corrected chi connectivity index (χ3v) is 9.87. The quantitative estimate of drug-likeness (QED) is 0.183. The highest BCUT2D eigenvalue weighted by Gasteiger charge is 2.65. The molecule has 1 heterocycles. The molecule has 0 spiro atoms. The zero-order valence-corrected chi connectivity index (χ0v) is 26.4. The number of Topliss-reactive ketones (excluding diaryl/α,β-unsaturated/α-hetero) is 2. The standard InChI is InChI=1S/C36H31ClN2O8/c1-39(2)30-24-14-21-13-23-27(25(15-22(16-40)29(23)37)45-17-19-9-5-3-6-10-19)31(41)26(21)33(42)36(24,44)34(43)28-32(30)47-38-35(28)46-18-20-11-7-4-8-12-20/h3-12,15-16,21,24,30,41,44H,13-14,17-18H2,1-2H3/t21-,24-,30-,36-/m0/s1. The van der Waals surface area contributed by atoms with Crippen LogP contribution in [0, 0.1) is 11.8 Å². The van der Waals surface area contributed by atoms with Crippen LogP contribution in [0.15, 0.2) is 76.8 Å². The van der Waals surface area contributed by atoms with E-state index in [2.05, 4.69) is 5.16 Å². The van der Waals surface area contributed by atoms with Crippen LogP contribution in [0.5, 0.6) is 11.6 Å². The lowest BCUT2D eigenvalue weighted by Gasteiger charge is -2.49. The van der Waals surface area contributed by atoms with Crippen LogP contribution in [0.1, 0.15) is 61.2 Å². The van der Waals surface area contributed by atoms with E-state index in [0.29, 0.717) is 11.8 Å². The van der Waals surface area contributed by atoms with Gasteiger partial charge in [0.25, 0.3) is 5.88 Å². The molecule has 0 unspecified atom stereocenters. The minimum atomic E-state index is -2.55. The van der Waals surface area contributed by atoms with Crippen LogP contribution < -0.4 is 9.47 Å². The van der Waals surface area contributed by atoms with Crippen LogP contribution in [0.4, 0.5) is 0 Å². The zero-order chi connectivity index (χ0) is 33.0. The van der Waals surface area contributed by atoms with Crippen molar-refractivity contribution in [3.05, 3.63) is 116 Å². The van der Waals surface area contributed by atoms with E-state index >= 15 is 0 Å². The Morgan fingerprint density at radius 2 is 1.64 bits per heavy atom. The Hall–Kier alpha value is -4.77. The van der Waals surface area contributed by atoms with Gasteiger partial charge in [-0.3, -0.25) is 19.3 Å². The van der Waals surface area contributed by atoms with Crippen LogP contribution in [0.2, 0.25) is 5.02 Å². The topological polar surface area (TPSA) is 139 Å². The van der Waals surface area contributed by atoms with E-state index in [1.54, 1.807) is 19.0 Å². The summed E-state index contributed by atoms with van der Waals surface area (Å²) in [7, 11) is 3.51. The lowest BCUT2D eigenvalue weighted by Crippen LogP contribution is -2.63. The number of benzene rings is 3. The molecule has 240 valence electrons. The predicted octanol–water partition coefficient (Wildman–Crippen LogP) is 5.56. The Kier molecular flexibility index (Phi) is 7.74. The normalized spacial score (nSPS) is 23.1. The average molecular weight is 655 g/mol. The maximum atomic E-state index is 14.5. The molecule has 0 radical (unpaired) electrons. The summed E-state index contributed by atoms with van der Waals surface area (Å²) in [4.78, 5) is 42.6. The van der Waals surface area contributed by atoms with Crippen LogP contribution >= 0.6 is 11.6 Å². The monoisotopic (exact) mass is 654 g/mol. The van der Waals surface area contributed by atoms with Gasteiger partial charge >= 0.3 is 0 Å². The molecule has 3 aromatic carbocycles. The Labute approximate surface area is 275 Å². The van der Waals surface area contributed by atoms with E-state index in [9.17, 15) is 24.6 Å². The van der Waals surface area contributed by atoms with Gasteiger partial charge in [-0.1, -0.05) is 72.3 Å². The van der Waals surface area contributed by atoms with Crippen LogP contribution in [0.25, 0.3) is 5.76 Å². The maximum absolute atomic E-state index is 14.5. The smallest absolute Gasteiger partial charge is 0.265 e. The van der Waals surface area contributed by atoms with Gasteiger partial charge in [-0.05, 0) is 60.8 Å². The number of fused-ring (bicyclic) bond motifs is 4. The summed E-state index contributed by atoms with van der Waals surface area (Å²) in [5.41, 5.74) is -0.298. The fourth-order valence-corrected chi connectivity index (χ4v) is 7.51. The van der Waals surface area contributed by atoms with Crippen LogP contribution in [-0.2, 0) is 24.4 Å². The molecule has 3 aliphatic carbocycles. The summed E-state index contributed by atoms with van der Waals surface area (Å²) in [6.07, 6.45) is 0.903. The predicted molar refractivity (Wildman–Crippen MR) is 170 cm³/mol. The van der Waals surface area contributed by atoms with Gasteiger partial charge in [0.2, 0.25) is 11.6 Å². The van der Waals surface area contributed by atoms with Crippen molar-refractivity contribution in [2.45, 2.75) is 37.7 Å². The Balaban J connectivity index is 1.32. The fourth-order valence-electron chi connectivity index (χ4n) is 7.24. The first-order valence-electron chi connectivity index (χ1n) is 15.2. The molecule has 11 heteroatoms. The highest BCUT2D eigenvalue weighted by molar-refractivity contribution is 6.34. The molecule has 0 bridgehead atoms. The van der Waals surface area contributed by atoms with Crippen molar-refractivity contribution in [2.75, 3.05) is 14.1 Å². The fraction of sp³-hybridized carbons (Fsp3) is 0.278. The highest BCUT2D eigenvalue weighted by Crippen LogP contribution is 2.56. The van der Waals surface area contributed by atoms with E-state index in [-0.39, 0.29) is 70.7 Å². The largest absolute Gasteiger partial charge is 0.507 e. The van der Waals surface area contributed by atoms with Crippen molar-refractivity contribution in [1.82, 2.24) is 10.1 Å². The summed E-state index contributed by atoms with van der Waals surface area (Å²) in [5.74, 6) is -3.62. The molecule has 3 aliphatic rings. The van der Waals surface area contributed by atoms with Gasteiger partial charge in [-0.2, -0.15) is 0 Å². The first-order valence-corrected chi connectivity index (χ1v) is 15.6. The van der Waals surface area contributed by atoms with Gasteiger partial charge in [0.1, 0.15) is 30.3 Å². The number of hydrogen-bond acceptors (Lipinski definition) is 10. The zero-order valence-electron chi connectivity index (χ0n) is 25.6. The number of carbonyl (C=O) groups is 3. The number of nitrogens with zero attached hydrogens (tertiary/aromatic N) is 2. The van der Waals surface area contributed by atoms with Gasteiger partial charge in [0.15, 0.2) is 17.6 Å². The second kappa shape index (κ2) is 11.8. The molecule has 1 saturated carbocycles. The van der Waals surface area contributed by atoms with E-state index < -0.39 is 40.8 Å². The third-order valence-electron chi connectivity index (χ3n) is 9.42. The maximum Gasteiger partial charge on any atom is 0.265 e. The minimum absolute atomic E-state index is 0.0790. The number of carbonyl (C=O) groups excluding carboxylic acids is 3. The molecule has 10 nitrogen and oxygen atoms in total. The number of aromatic nitrogens is 1. The number of ketones is 2. The average Bonchev–Trinajstić information content (AvgIpc) is 3.49. The number of aldehydes is 1. The van der Waals surface area contributed by atoms with E-state index in [4.69, 9.17) is 25.6 Å². The second-order valence-electron chi connectivity index (χ2n) is 12.4. The number of aliphatic hydroxyl groups is 2. The molecule has 0 saturated heterocycles. The molecule has 47 heavy (non-hydrogen) atoms.